The Labute approximate surface area is 109 Å². The van der Waals surface area contributed by atoms with Gasteiger partial charge in [-0.1, -0.05) is 17.7 Å². The Balaban J connectivity index is 2.50. The number of ether oxygens (including phenoxy) is 1. The molecule has 18 heavy (non-hydrogen) atoms. The van der Waals surface area contributed by atoms with Gasteiger partial charge in [-0.25, -0.2) is 9.59 Å². The first kappa shape index (κ1) is 12.7. The van der Waals surface area contributed by atoms with Gasteiger partial charge in [-0.3, -0.25) is 4.90 Å². The van der Waals surface area contributed by atoms with Gasteiger partial charge in [-0.05, 0) is 31.5 Å². The summed E-state index contributed by atoms with van der Waals surface area (Å²) in [5, 5.41) is 9.62. The molecular weight excluding hydrogens is 258 g/mol. The van der Waals surface area contributed by atoms with E-state index < -0.39 is 24.2 Å². The van der Waals surface area contributed by atoms with E-state index in [4.69, 9.17) is 16.3 Å². The normalized spacial score (nSPS) is 23.1. The highest BCUT2D eigenvalue weighted by molar-refractivity contribution is 6.31. The number of benzene rings is 1. The minimum atomic E-state index is -1.10. The molecule has 0 spiro atoms. The molecule has 1 heterocycles. The number of aliphatic carboxylic acids is 1. The molecule has 5 nitrogen and oxygen atoms in total. The number of halogens is 1. The highest BCUT2D eigenvalue weighted by Gasteiger charge is 2.45. The van der Waals surface area contributed by atoms with Crippen LogP contribution < -0.4 is 4.90 Å². The maximum Gasteiger partial charge on any atom is 0.415 e. The molecule has 0 aliphatic carbocycles. The van der Waals surface area contributed by atoms with Gasteiger partial charge in [-0.15, -0.1) is 0 Å². The second-order valence-electron chi connectivity index (χ2n) is 4.17. The fourth-order valence-electron chi connectivity index (χ4n) is 2.01. The average Bonchev–Trinajstić information content (AvgIpc) is 2.57. The smallest absolute Gasteiger partial charge is 0.415 e. The number of aryl methyl sites for hydroxylation is 1. The Kier molecular flexibility index (Phi) is 3.17. The molecule has 1 aliphatic heterocycles. The number of carbonyl (C=O) groups is 2. The Morgan fingerprint density at radius 1 is 1.50 bits per heavy atom. The van der Waals surface area contributed by atoms with E-state index in [2.05, 4.69) is 0 Å². The van der Waals surface area contributed by atoms with Crippen LogP contribution in [-0.2, 0) is 9.53 Å². The van der Waals surface area contributed by atoms with E-state index in [1.807, 2.05) is 0 Å². The van der Waals surface area contributed by atoms with Crippen molar-refractivity contribution in [3.63, 3.8) is 0 Å². The van der Waals surface area contributed by atoms with Gasteiger partial charge < -0.3 is 9.84 Å². The zero-order valence-electron chi connectivity index (χ0n) is 9.88. The fraction of sp³-hybridized carbons (Fsp3) is 0.333. The Hall–Kier alpha value is -1.75. The van der Waals surface area contributed by atoms with Gasteiger partial charge >= 0.3 is 12.1 Å². The molecule has 1 aliphatic rings. The van der Waals surface area contributed by atoms with Crippen molar-refractivity contribution < 1.29 is 19.4 Å². The van der Waals surface area contributed by atoms with Crippen molar-refractivity contribution in [2.24, 2.45) is 0 Å². The third-order valence-electron chi connectivity index (χ3n) is 2.89. The van der Waals surface area contributed by atoms with Gasteiger partial charge in [0, 0.05) is 5.02 Å². The summed E-state index contributed by atoms with van der Waals surface area (Å²) in [6.45, 7) is 3.33. The van der Waals surface area contributed by atoms with E-state index in [9.17, 15) is 14.7 Å². The van der Waals surface area contributed by atoms with Crippen LogP contribution in [0.2, 0.25) is 5.02 Å². The van der Waals surface area contributed by atoms with Crippen molar-refractivity contribution in [2.45, 2.75) is 26.0 Å². The molecule has 96 valence electrons. The molecule has 0 bridgehead atoms. The highest BCUT2D eigenvalue weighted by atomic mass is 35.5. The van der Waals surface area contributed by atoms with E-state index in [0.29, 0.717) is 10.7 Å². The second kappa shape index (κ2) is 4.49. The van der Waals surface area contributed by atoms with Crippen molar-refractivity contribution in [1.29, 1.82) is 0 Å². The number of rotatable bonds is 2. The number of cyclic esters (lactones) is 1. The van der Waals surface area contributed by atoms with Crippen LogP contribution in [0.15, 0.2) is 18.2 Å². The first-order chi connectivity index (χ1) is 8.41. The SMILES string of the molecule is Cc1ccc(Cl)cc1N1C(=O)OC(C)C1C(=O)O. The second-order valence-corrected chi connectivity index (χ2v) is 4.61. The van der Waals surface area contributed by atoms with Gasteiger partial charge in [0.05, 0.1) is 5.69 Å². The summed E-state index contributed by atoms with van der Waals surface area (Å²) < 4.78 is 4.96. The van der Waals surface area contributed by atoms with Crippen LogP contribution in [0, 0.1) is 6.92 Å². The standard InChI is InChI=1S/C12H12ClNO4/c1-6-3-4-8(13)5-9(6)14-10(11(15)16)7(2)18-12(14)17/h3-5,7,10H,1-2H3,(H,15,16). The van der Waals surface area contributed by atoms with Crippen LogP contribution >= 0.6 is 11.6 Å². The molecule has 0 aromatic heterocycles. The lowest BCUT2D eigenvalue weighted by atomic mass is 10.1. The van der Waals surface area contributed by atoms with Crippen LogP contribution in [0.1, 0.15) is 12.5 Å². The molecule has 1 aromatic carbocycles. The van der Waals surface area contributed by atoms with Gasteiger partial charge in [0.15, 0.2) is 6.04 Å². The van der Waals surface area contributed by atoms with Crippen LogP contribution in [0.25, 0.3) is 0 Å². The van der Waals surface area contributed by atoms with E-state index >= 15 is 0 Å². The summed E-state index contributed by atoms with van der Waals surface area (Å²) in [4.78, 5) is 24.1. The number of amides is 1. The van der Waals surface area contributed by atoms with Crippen molar-refractivity contribution in [2.75, 3.05) is 4.90 Å². The van der Waals surface area contributed by atoms with Gasteiger partial charge in [-0.2, -0.15) is 0 Å². The van der Waals surface area contributed by atoms with E-state index in [-0.39, 0.29) is 0 Å². The molecule has 1 aromatic rings. The van der Waals surface area contributed by atoms with Gasteiger partial charge in [0.1, 0.15) is 6.10 Å². The van der Waals surface area contributed by atoms with E-state index in [0.717, 1.165) is 10.5 Å². The van der Waals surface area contributed by atoms with Crippen LogP contribution in [0.5, 0.6) is 0 Å². The zero-order valence-corrected chi connectivity index (χ0v) is 10.6. The number of carbonyl (C=O) groups excluding carboxylic acids is 1. The summed E-state index contributed by atoms with van der Waals surface area (Å²) in [5.74, 6) is -1.10. The third-order valence-corrected chi connectivity index (χ3v) is 3.13. The molecule has 1 amide bonds. The maximum absolute atomic E-state index is 11.8. The van der Waals surface area contributed by atoms with Crippen molar-refractivity contribution in [3.8, 4) is 0 Å². The number of anilines is 1. The first-order valence-electron chi connectivity index (χ1n) is 5.40. The lowest BCUT2D eigenvalue weighted by Crippen LogP contribution is -2.42. The summed E-state index contributed by atoms with van der Waals surface area (Å²) in [7, 11) is 0. The van der Waals surface area contributed by atoms with E-state index in [1.54, 1.807) is 32.0 Å². The van der Waals surface area contributed by atoms with Crippen molar-refractivity contribution >= 4 is 29.4 Å². The van der Waals surface area contributed by atoms with Crippen LogP contribution in [-0.4, -0.2) is 29.3 Å². The van der Waals surface area contributed by atoms with Gasteiger partial charge in [0.25, 0.3) is 0 Å². The average molecular weight is 270 g/mol. The number of nitrogens with zero attached hydrogens (tertiary/aromatic N) is 1. The summed E-state index contributed by atoms with van der Waals surface area (Å²) in [6, 6.07) is 3.94. The fourth-order valence-corrected chi connectivity index (χ4v) is 2.17. The number of hydrogen-bond donors (Lipinski definition) is 1. The minimum absolute atomic E-state index is 0.437. The molecule has 6 heteroatoms. The number of carboxylic acid groups (broad SMARTS) is 1. The molecular formula is C12H12ClNO4. The maximum atomic E-state index is 11.8. The first-order valence-corrected chi connectivity index (χ1v) is 5.78. The highest BCUT2D eigenvalue weighted by Crippen LogP contribution is 2.31. The largest absolute Gasteiger partial charge is 0.480 e. The van der Waals surface area contributed by atoms with Crippen molar-refractivity contribution in [3.05, 3.63) is 28.8 Å². The zero-order chi connectivity index (χ0) is 13.4. The molecule has 1 saturated heterocycles. The summed E-state index contributed by atoms with van der Waals surface area (Å²) in [6.07, 6.45) is -1.37. The third kappa shape index (κ3) is 2.01. The Morgan fingerprint density at radius 2 is 2.17 bits per heavy atom. The summed E-state index contributed by atoms with van der Waals surface area (Å²) in [5.41, 5.74) is 1.22. The Morgan fingerprint density at radius 3 is 2.78 bits per heavy atom. The van der Waals surface area contributed by atoms with E-state index in [1.165, 1.54) is 0 Å². The number of hydrogen-bond acceptors (Lipinski definition) is 3. The molecule has 1 fully saturated rings. The van der Waals surface area contributed by atoms with Crippen molar-refractivity contribution in [1.82, 2.24) is 0 Å². The molecule has 1 N–H and O–H groups in total. The monoisotopic (exact) mass is 269 g/mol. The lowest BCUT2D eigenvalue weighted by Gasteiger charge is -2.21. The van der Waals surface area contributed by atoms with Crippen LogP contribution in [0.4, 0.5) is 10.5 Å². The molecule has 0 radical (unpaired) electrons. The van der Waals surface area contributed by atoms with Gasteiger partial charge in [0.2, 0.25) is 0 Å². The lowest BCUT2D eigenvalue weighted by molar-refractivity contribution is -0.139. The molecule has 2 rings (SSSR count). The predicted molar refractivity (Wildman–Crippen MR) is 66.0 cm³/mol. The topological polar surface area (TPSA) is 66.8 Å². The Bertz CT molecular complexity index is 517. The summed E-state index contributed by atoms with van der Waals surface area (Å²) >= 11 is 5.88. The minimum Gasteiger partial charge on any atom is -0.480 e. The molecule has 2 atom stereocenters. The van der Waals surface area contributed by atoms with Crippen LogP contribution in [0.3, 0.4) is 0 Å². The number of carboxylic acids is 1. The molecule has 0 saturated carbocycles. The predicted octanol–water partition coefficient (Wildman–Crippen LogP) is 2.45. The quantitative estimate of drug-likeness (QED) is 0.895. The molecule has 2 unspecified atom stereocenters.